The van der Waals surface area contributed by atoms with Gasteiger partial charge in [-0.2, -0.15) is 0 Å². The standard InChI is InChI=1S/C12H17N.CH5N/c1-11-7-8-13(9-11)10-12-5-3-2-4-6-12;1-2/h2-6,11H,7-10H2,1H3;2H2,1H3/t11-;/m0./s1. The molecule has 0 aromatic heterocycles. The molecule has 15 heavy (non-hydrogen) atoms. The summed E-state index contributed by atoms with van der Waals surface area (Å²) in [5.74, 6) is 0.892. The lowest BCUT2D eigenvalue weighted by Crippen LogP contribution is -2.19. The van der Waals surface area contributed by atoms with Crippen LogP contribution in [0.1, 0.15) is 18.9 Å². The summed E-state index contributed by atoms with van der Waals surface area (Å²) < 4.78 is 0. The van der Waals surface area contributed by atoms with Gasteiger partial charge in [0.2, 0.25) is 0 Å². The SMILES string of the molecule is CN.C[C@H]1CCN(Cc2ccccc2)C1. The number of hydrogen-bond acceptors (Lipinski definition) is 2. The van der Waals surface area contributed by atoms with Crippen LogP contribution in [0.15, 0.2) is 30.3 Å². The van der Waals surface area contributed by atoms with E-state index in [0.717, 1.165) is 12.5 Å². The molecule has 0 radical (unpaired) electrons. The fourth-order valence-electron chi connectivity index (χ4n) is 2.01. The molecule has 1 aliphatic heterocycles. The number of likely N-dealkylation sites (tertiary alicyclic amines) is 1. The molecule has 0 aliphatic carbocycles. The molecule has 84 valence electrons. The van der Waals surface area contributed by atoms with Gasteiger partial charge in [0.25, 0.3) is 0 Å². The quantitative estimate of drug-likeness (QED) is 0.803. The van der Waals surface area contributed by atoms with E-state index in [-0.39, 0.29) is 0 Å². The summed E-state index contributed by atoms with van der Waals surface area (Å²) in [5, 5.41) is 0. The summed E-state index contributed by atoms with van der Waals surface area (Å²) in [7, 11) is 1.50. The fraction of sp³-hybridized carbons (Fsp3) is 0.538. The van der Waals surface area contributed by atoms with Crippen LogP contribution in [0.3, 0.4) is 0 Å². The normalized spacial score (nSPS) is 20.9. The Morgan fingerprint density at radius 1 is 1.27 bits per heavy atom. The highest BCUT2D eigenvalue weighted by atomic mass is 15.1. The van der Waals surface area contributed by atoms with E-state index < -0.39 is 0 Å². The van der Waals surface area contributed by atoms with Crippen LogP contribution in [-0.4, -0.2) is 25.0 Å². The molecular weight excluding hydrogens is 184 g/mol. The molecule has 1 aromatic carbocycles. The van der Waals surface area contributed by atoms with Gasteiger partial charge in [-0.25, -0.2) is 0 Å². The average molecular weight is 206 g/mol. The molecule has 2 rings (SSSR count). The van der Waals surface area contributed by atoms with Gasteiger partial charge in [0.15, 0.2) is 0 Å². The highest BCUT2D eigenvalue weighted by molar-refractivity contribution is 5.14. The molecule has 1 atom stereocenters. The van der Waals surface area contributed by atoms with E-state index in [2.05, 4.69) is 47.9 Å². The minimum Gasteiger partial charge on any atom is -0.333 e. The van der Waals surface area contributed by atoms with Crippen LogP contribution < -0.4 is 5.73 Å². The third-order valence-electron chi connectivity index (χ3n) is 2.76. The number of nitrogens with zero attached hydrogens (tertiary/aromatic N) is 1. The first-order valence-corrected chi connectivity index (χ1v) is 5.68. The Balaban J connectivity index is 0.000000531. The highest BCUT2D eigenvalue weighted by Crippen LogP contribution is 2.17. The second-order valence-electron chi connectivity index (χ2n) is 4.11. The van der Waals surface area contributed by atoms with Gasteiger partial charge >= 0.3 is 0 Å². The molecule has 0 spiro atoms. The van der Waals surface area contributed by atoms with Crippen molar-refractivity contribution >= 4 is 0 Å². The van der Waals surface area contributed by atoms with E-state index in [4.69, 9.17) is 0 Å². The van der Waals surface area contributed by atoms with Crippen LogP contribution >= 0.6 is 0 Å². The van der Waals surface area contributed by atoms with Crippen LogP contribution in [0.5, 0.6) is 0 Å². The zero-order chi connectivity index (χ0) is 11.1. The highest BCUT2D eigenvalue weighted by Gasteiger charge is 2.17. The maximum atomic E-state index is 4.50. The smallest absolute Gasteiger partial charge is 0.0233 e. The number of benzene rings is 1. The van der Waals surface area contributed by atoms with Gasteiger partial charge in [-0.3, -0.25) is 4.90 Å². The van der Waals surface area contributed by atoms with Crippen molar-refractivity contribution in [2.75, 3.05) is 20.1 Å². The van der Waals surface area contributed by atoms with Crippen LogP contribution in [0, 0.1) is 5.92 Å². The van der Waals surface area contributed by atoms with Crippen molar-refractivity contribution in [1.29, 1.82) is 0 Å². The molecule has 0 saturated carbocycles. The zero-order valence-electron chi connectivity index (χ0n) is 9.82. The summed E-state index contributed by atoms with van der Waals surface area (Å²) in [6, 6.07) is 10.7. The molecule has 0 bridgehead atoms. The van der Waals surface area contributed by atoms with Crippen molar-refractivity contribution < 1.29 is 0 Å². The molecule has 2 nitrogen and oxygen atoms in total. The van der Waals surface area contributed by atoms with E-state index >= 15 is 0 Å². The van der Waals surface area contributed by atoms with Crippen molar-refractivity contribution in [3.63, 3.8) is 0 Å². The minimum absolute atomic E-state index is 0.892. The van der Waals surface area contributed by atoms with Crippen LogP contribution in [0.25, 0.3) is 0 Å². The number of hydrogen-bond donors (Lipinski definition) is 1. The van der Waals surface area contributed by atoms with Crippen molar-refractivity contribution in [3.05, 3.63) is 35.9 Å². The van der Waals surface area contributed by atoms with E-state index in [1.807, 2.05) is 0 Å². The molecule has 2 N–H and O–H groups in total. The van der Waals surface area contributed by atoms with Gasteiger partial charge in [0, 0.05) is 13.1 Å². The molecule has 0 amide bonds. The van der Waals surface area contributed by atoms with Gasteiger partial charge < -0.3 is 5.73 Å². The summed E-state index contributed by atoms with van der Waals surface area (Å²) in [5.41, 5.74) is 5.94. The van der Waals surface area contributed by atoms with Crippen molar-refractivity contribution in [3.8, 4) is 0 Å². The Morgan fingerprint density at radius 3 is 2.47 bits per heavy atom. The Morgan fingerprint density at radius 2 is 1.93 bits per heavy atom. The average Bonchev–Trinajstić information content (AvgIpc) is 2.68. The Kier molecular flexibility index (Phi) is 5.37. The first-order valence-electron chi connectivity index (χ1n) is 5.68. The lowest BCUT2D eigenvalue weighted by atomic mass is 10.2. The third-order valence-corrected chi connectivity index (χ3v) is 2.76. The first kappa shape index (κ1) is 12.2. The summed E-state index contributed by atoms with van der Waals surface area (Å²) in [6.45, 7) is 6.02. The lowest BCUT2D eigenvalue weighted by Gasteiger charge is -2.14. The van der Waals surface area contributed by atoms with Gasteiger partial charge in [-0.1, -0.05) is 37.3 Å². The summed E-state index contributed by atoms with van der Waals surface area (Å²) in [4.78, 5) is 2.54. The fourth-order valence-corrected chi connectivity index (χ4v) is 2.01. The topological polar surface area (TPSA) is 29.3 Å². The second-order valence-corrected chi connectivity index (χ2v) is 4.11. The molecule has 1 heterocycles. The second kappa shape index (κ2) is 6.59. The first-order chi connectivity index (χ1) is 7.34. The maximum Gasteiger partial charge on any atom is 0.0233 e. The van der Waals surface area contributed by atoms with Gasteiger partial charge in [0.05, 0.1) is 0 Å². The van der Waals surface area contributed by atoms with E-state index in [1.165, 1.54) is 32.1 Å². The van der Waals surface area contributed by atoms with E-state index in [9.17, 15) is 0 Å². The minimum atomic E-state index is 0.892. The Hall–Kier alpha value is -0.860. The van der Waals surface area contributed by atoms with Gasteiger partial charge in [0.1, 0.15) is 0 Å². The van der Waals surface area contributed by atoms with Crippen LogP contribution in [0.4, 0.5) is 0 Å². The lowest BCUT2D eigenvalue weighted by molar-refractivity contribution is 0.320. The maximum absolute atomic E-state index is 4.50. The predicted octanol–water partition coefficient (Wildman–Crippen LogP) is 2.10. The van der Waals surface area contributed by atoms with Gasteiger partial charge in [-0.05, 0) is 31.5 Å². The third kappa shape index (κ3) is 4.02. The Labute approximate surface area is 93.1 Å². The summed E-state index contributed by atoms with van der Waals surface area (Å²) >= 11 is 0. The predicted molar refractivity (Wildman–Crippen MR) is 65.6 cm³/mol. The zero-order valence-corrected chi connectivity index (χ0v) is 9.82. The van der Waals surface area contributed by atoms with Crippen molar-refractivity contribution in [2.45, 2.75) is 19.9 Å². The summed E-state index contributed by atoms with van der Waals surface area (Å²) in [6.07, 6.45) is 1.37. The molecule has 0 unspecified atom stereocenters. The van der Waals surface area contributed by atoms with E-state index in [0.29, 0.717) is 0 Å². The molecule has 1 aromatic rings. The molecule has 2 heteroatoms. The molecule has 1 fully saturated rings. The van der Waals surface area contributed by atoms with Crippen LogP contribution in [-0.2, 0) is 6.54 Å². The molecular formula is C13H22N2. The van der Waals surface area contributed by atoms with Crippen molar-refractivity contribution in [1.82, 2.24) is 4.90 Å². The number of nitrogens with two attached hydrogens (primary N) is 1. The molecule has 1 saturated heterocycles. The van der Waals surface area contributed by atoms with E-state index in [1.54, 1.807) is 0 Å². The monoisotopic (exact) mass is 206 g/mol. The largest absolute Gasteiger partial charge is 0.333 e. The Bertz CT molecular complexity index is 258. The number of rotatable bonds is 2. The van der Waals surface area contributed by atoms with Crippen molar-refractivity contribution in [2.24, 2.45) is 11.7 Å². The molecule has 1 aliphatic rings. The van der Waals surface area contributed by atoms with Gasteiger partial charge in [-0.15, -0.1) is 0 Å². The van der Waals surface area contributed by atoms with Crippen LogP contribution in [0.2, 0.25) is 0 Å².